The molecule has 1 N–H and O–H groups in total. The maximum absolute atomic E-state index is 12.4. The number of carbonyl (C=O) groups excluding carboxylic acids is 2. The molecule has 0 aliphatic heterocycles. The van der Waals surface area contributed by atoms with E-state index in [1.54, 1.807) is 32.3 Å². The first-order valence-corrected chi connectivity index (χ1v) is 10.1. The zero-order chi connectivity index (χ0) is 18.2. The van der Waals surface area contributed by atoms with Crippen LogP contribution in [0.3, 0.4) is 0 Å². The summed E-state index contributed by atoms with van der Waals surface area (Å²) >= 11 is 1.48. The molecule has 0 saturated heterocycles. The highest BCUT2D eigenvalue weighted by Crippen LogP contribution is 2.11. The number of hydrogen-bond acceptors (Lipinski definition) is 6. The summed E-state index contributed by atoms with van der Waals surface area (Å²) in [6.07, 6.45) is 2.12. The van der Waals surface area contributed by atoms with Crippen LogP contribution in [0, 0.1) is 0 Å². The summed E-state index contributed by atoms with van der Waals surface area (Å²) in [6.45, 7) is -0.422. The van der Waals surface area contributed by atoms with Gasteiger partial charge in [-0.3, -0.25) is 9.59 Å². The van der Waals surface area contributed by atoms with Crippen LogP contribution in [-0.4, -0.2) is 63.9 Å². The molecule has 7 nitrogen and oxygen atoms in total. The molecule has 1 atom stereocenters. The Balaban J connectivity index is 2.81. The number of rotatable bonds is 9. The van der Waals surface area contributed by atoms with Crippen molar-refractivity contribution in [3.8, 4) is 0 Å². The number of nitrogens with one attached hydrogen (secondary N) is 1. The minimum absolute atomic E-state index is 0.0660. The van der Waals surface area contributed by atoms with Gasteiger partial charge in [-0.2, -0.15) is 16.5 Å². The third-order valence-electron chi connectivity index (χ3n) is 3.08. The summed E-state index contributed by atoms with van der Waals surface area (Å²) in [6, 6.07) is 6.73. The molecule has 0 aliphatic rings. The average molecular weight is 374 g/mol. The van der Waals surface area contributed by atoms with Gasteiger partial charge in [0.15, 0.2) is 6.61 Å². The lowest BCUT2D eigenvalue weighted by molar-refractivity contribution is -0.152. The lowest BCUT2D eigenvalue weighted by atomic mass is 10.2. The SMILES string of the molecule is CSCC[C@H](NS(=O)(=O)c1ccccc1)C(=O)OCC(=O)N(C)C. The van der Waals surface area contributed by atoms with Crippen LogP contribution in [-0.2, 0) is 24.3 Å². The second-order valence-corrected chi connectivity index (χ2v) is 7.86. The summed E-state index contributed by atoms with van der Waals surface area (Å²) in [7, 11) is -0.763. The van der Waals surface area contributed by atoms with E-state index < -0.39 is 28.6 Å². The van der Waals surface area contributed by atoms with Crippen molar-refractivity contribution in [2.75, 3.05) is 32.7 Å². The van der Waals surface area contributed by atoms with Crippen molar-refractivity contribution in [2.24, 2.45) is 0 Å². The lowest BCUT2D eigenvalue weighted by Gasteiger charge is -2.18. The third-order valence-corrected chi connectivity index (χ3v) is 5.21. The molecule has 0 bridgehead atoms. The predicted octanol–water partition coefficient (Wildman–Crippen LogP) is 0.718. The molecule has 0 aliphatic carbocycles. The first kappa shape index (κ1) is 20.5. The number of likely N-dealkylation sites (N-methyl/N-ethyl adjacent to an activating group) is 1. The minimum atomic E-state index is -3.85. The van der Waals surface area contributed by atoms with Crippen molar-refractivity contribution < 1.29 is 22.7 Å². The monoisotopic (exact) mass is 374 g/mol. The number of thioether (sulfide) groups is 1. The molecule has 1 rings (SSSR count). The van der Waals surface area contributed by atoms with Crippen LogP contribution < -0.4 is 4.72 Å². The average Bonchev–Trinajstić information content (AvgIpc) is 2.56. The number of ether oxygens (including phenoxy) is 1. The molecule has 0 unspecified atom stereocenters. The standard InChI is InChI=1S/C15H22N2O5S2/c1-17(2)14(18)11-22-15(19)13(9-10-23-3)16-24(20,21)12-7-5-4-6-8-12/h4-8,13,16H,9-11H2,1-3H3/t13-/m0/s1. The Morgan fingerprint density at radius 3 is 2.42 bits per heavy atom. The Morgan fingerprint density at radius 2 is 1.88 bits per heavy atom. The fourth-order valence-corrected chi connectivity index (χ4v) is 3.39. The summed E-state index contributed by atoms with van der Waals surface area (Å²) in [5, 5.41) is 0. The maximum atomic E-state index is 12.4. The van der Waals surface area contributed by atoms with Crippen molar-refractivity contribution in [3.63, 3.8) is 0 Å². The first-order valence-electron chi connectivity index (χ1n) is 7.21. The summed E-state index contributed by atoms with van der Waals surface area (Å²) in [4.78, 5) is 25.0. The molecule has 0 radical (unpaired) electrons. The van der Waals surface area contributed by atoms with E-state index in [-0.39, 0.29) is 17.2 Å². The summed E-state index contributed by atoms with van der Waals surface area (Å²) in [5.41, 5.74) is 0. The van der Waals surface area contributed by atoms with Crippen LogP contribution in [0.25, 0.3) is 0 Å². The third kappa shape index (κ3) is 6.50. The Morgan fingerprint density at radius 1 is 1.25 bits per heavy atom. The van der Waals surface area contributed by atoms with E-state index >= 15 is 0 Å². The first-order chi connectivity index (χ1) is 11.3. The molecular formula is C15H22N2O5S2. The maximum Gasteiger partial charge on any atom is 0.324 e. The molecule has 0 spiro atoms. The highest BCUT2D eigenvalue weighted by atomic mass is 32.2. The molecule has 0 saturated carbocycles. The van der Waals surface area contributed by atoms with Crippen LogP contribution in [0.1, 0.15) is 6.42 Å². The Labute approximate surface area is 146 Å². The van der Waals surface area contributed by atoms with E-state index in [0.717, 1.165) is 0 Å². The number of carbonyl (C=O) groups is 2. The second-order valence-electron chi connectivity index (χ2n) is 5.16. The van der Waals surface area contributed by atoms with Gasteiger partial charge >= 0.3 is 5.97 Å². The number of sulfonamides is 1. The quantitative estimate of drug-likeness (QED) is 0.640. The molecule has 0 heterocycles. The second kappa shape index (κ2) is 9.65. The minimum Gasteiger partial charge on any atom is -0.454 e. The van der Waals surface area contributed by atoms with E-state index in [1.165, 1.54) is 28.8 Å². The van der Waals surface area contributed by atoms with Crippen molar-refractivity contribution in [3.05, 3.63) is 30.3 Å². The zero-order valence-corrected chi connectivity index (χ0v) is 15.5. The number of nitrogens with zero attached hydrogens (tertiary/aromatic N) is 1. The molecule has 24 heavy (non-hydrogen) atoms. The predicted molar refractivity (Wildman–Crippen MR) is 93.2 cm³/mol. The van der Waals surface area contributed by atoms with E-state index in [4.69, 9.17) is 4.74 Å². The number of esters is 1. The Bertz CT molecular complexity index is 647. The topological polar surface area (TPSA) is 92.8 Å². The van der Waals surface area contributed by atoms with Crippen molar-refractivity contribution in [1.29, 1.82) is 0 Å². The van der Waals surface area contributed by atoms with Crippen LogP contribution in [0.15, 0.2) is 35.2 Å². The number of hydrogen-bond donors (Lipinski definition) is 1. The fourth-order valence-electron chi connectivity index (χ4n) is 1.68. The fraction of sp³-hybridized carbons (Fsp3) is 0.467. The lowest BCUT2D eigenvalue weighted by Crippen LogP contribution is -2.43. The van der Waals surface area contributed by atoms with E-state index in [2.05, 4.69) is 4.72 Å². The van der Waals surface area contributed by atoms with Gasteiger partial charge in [-0.25, -0.2) is 8.42 Å². The van der Waals surface area contributed by atoms with Gasteiger partial charge in [-0.15, -0.1) is 0 Å². The summed E-state index contributed by atoms with van der Waals surface area (Å²) in [5.74, 6) is -0.574. The molecule has 1 amide bonds. The largest absolute Gasteiger partial charge is 0.454 e. The van der Waals surface area contributed by atoms with Gasteiger partial charge in [0.1, 0.15) is 6.04 Å². The van der Waals surface area contributed by atoms with E-state index in [0.29, 0.717) is 5.75 Å². The van der Waals surface area contributed by atoms with Gasteiger partial charge in [-0.05, 0) is 30.6 Å². The summed E-state index contributed by atoms with van der Waals surface area (Å²) < 4.78 is 32.0. The molecule has 0 aromatic heterocycles. The van der Waals surface area contributed by atoms with Crippen molar-refractivity contribution >= 4 is 33.7 Å². The molecule has 134 valence electrons. The number of benzene rings is 1. The van der Waals surface area contributed by atoms with Gasteiger partial charge in [0.05, 0.1) is 4.90 Å². The molecule has 1 aromatic rings. The van der Waals surface area contributed by atoms with Crippen LogP contribution in [0.5, 0.6) is 0 Å². The van der Waals surface area contributed by atoms with Crippen LogP contribution in [0.4, 0.5) is 0 Å². The van der Waals surface area contributed by atoms with E-state index in [9.17, 15) is 18.0 Å². The molecular weight excluding hydrogens is 352 g/mol. The van der Waals surface area contributed by atoms with Crippen LogP contribution in [0.2, 0.25) is 0 Å². The van der Waals surface area contributed by atoms with Crippen molar-refractivity contribution in [2.45, 2.75) is 17.4 Å². The normalized spacial score (nSPS) is 12.5. The highest BCUT2D eigenvalue weighted by Gasteiger charge is 2.27. The molecule has 1 aromatic carbocycles. The highest BCUT2D eigenvalue weighted by molar-refractivity contribution is 7.98. The smallest absolute Gasteiger partial charge is 0.324 e. The Kier molecular flexibility index (Phi) is 8.23. The zero-order valence-electron chi connectivity index (χ0n) is 13.9. The van der Waals surface area contributed by atoms with Crippen molar-refractivity contribution in [1.82, 2.24) is 9.62 Å². The van der Waals surface area contributed by atoms with Gasteiger partial charge in [-0.1, -0.05) is 18.2 Å². The number of amides is 1. The van der Waals surface area contributed by atoms with Gasteiger partial charge in [0.25, 0.3) is 5.91 Å². The van der Waals surface area contributed by atoms with Gasteiger partial charge in [0.2, 0.25) is 10.0 Å². The Hall–Kier alpha value is -1.58. The van der Waals surface area contributed by atoms with Crippen LogP contribution >= 0.6 is 11.8 Å². The molecule has 0 fully saturated rings. The molecule has 9 heteroatoms. The van der Waals surface area contributed by atoms with E-state index in [1.807, 2.05) is 6.26 Å². The van der Waals surface area contributed by atoms with Gasteiger partial charge in [0, 0.05) is 14.1 Å². The van der Waals surface area contributed by atoms with Gasteiger partial charge < -0.3 is 9.64 Å².